The summed E-state index contributed by atoms with van der Waals surface area (Å²) in [5.74, 6) is -1.74. The van der Waals surface area contributed by atoms with Crippen molar-refractivity contribution in [1.82, 2.24) is 4.98 Å². The number of rotatable bonds is 1. The zero-order valence-corrected chi connectivity index (χ0v) is 9.05. The molecule has 1 aromatic carbocycles. The Morgan fingerprint density at radius 3 is 2.75 bits per heavy atom. The second kappa shape index (κ2) is 3.72. The van der Waals surface area contributed by atoms with E-state index in [1.54, 1.807) is 6.92 Å². The zero-order valence-electron chi connectivity index (χ0n) is 8.29. The minimum absolute atomic E-state index is 0.00361. The Balaban J connectivity index is 2.95. The predicted molar refractivity (Wildman–Crippen MR) is 58.4 cm³/mol. The Morgan fingerprint density at radius 2 is 2.12 bits per heavy atom. The first kappa shape index (κ1) is 10.8. The number of hydrogen-bond acceptors (Lipinski definition) is 2. The molecule has 1 N–H and O–H groups in total. The number of nitrogens with zero attached hydrogens (tertiary/aromatic N) is 1. The number of benzene rings is 1. The largest absolute Gasteiger partial charge is 0.478 e. The molecule has 1 heterocycles. The van der Waals surface area contributed by atoms with E-state index in [0.717, 1.165) is 6.07 Å². The van der Waals surface area contributed by atoms with E-state index in [1.807, 2.05) is 0 Å². The van der Waals surface area contributed by atoms with Crippen molar-refractivity contribution in [1.29, 1.82) is 0 Å². The summed E-state index contributed by atoms with van der Waals surface area (Å²) in [5.41, 5.74) is 0.483. The molecule has 16 heavy (non-hydrogen) atoms. The highest BCUT2D eigenvalue weighted by Gasteiger charge is 2.14. The molecule has 2 aromatic rings. The van der Waals surface area contributed by atoms with Crippen LogP contribution in [0.25, 0.3) is 10.9 Å². The number of hydrogen-bond donors (Lipinski definition) is 1. The van der Waals surface area contributed by atoms with Crippen LogP contribution in [0.4, 0.5) is 4.39 Å². The van der Waals surface area contributed by atoms with Gasteiger partial charge in [-0.2, -0.15) is 0 Å². The molecule has 0 saturated heterocycles. The first-order valence-corrected chi connectivity index (χ1v) is 4.86. The number of carboxylic acid groups (broad SMARTS) is 1. The van der Waals surface area contributed by atoms with E-state index >= 15 is 0 Å². The monoisotopic (exact) mass is 239 g/mol. The molecule has 0 saturated carbocycles. The average Bonchev–Trinajstić information content (AvgIpc) is 2.18. The van der Waals surface area contributed by atoms with E-state index in [0.29, 0.717) is 5.69 Å². The number of carboxylic acids is 1. The highest BCUT2D eigenvalue weighted by atomic mass is 35.5. The molecule has 2 rings (SSSR count). The number of carbonyl (C=O) groups is 1. The van der Waals surface area contributed by atoms with E-state index in [4.69, 9.17) is 16.7 Å². The average molecular weight is 240 g/mol. The lowest BCUT2D eigenvalue weighted by atomic mass is 10.1. The summed E-state index contributed by atoms with van der Waals surface area (Å²) in [6.07, 6.45) is 0. The molecule has 3 nitrogen and oxygen atoms in total. The van der Waals surface area contributed by atoms with E-state index in [-0.39, 0.29) is 21.5 Å². The van der Waals surface area contributed by atoms with Gasteiger partial charge in [-0.25, -0.2) is 14.2 Å². The highest BCUT2D eigenvalue weighted by molar-refractivity contribution is 6.31. The summed E-state index contributed by atoms with van der Waals surface area (Å²) in [7, 11) is 0. The van der Waals surface area contributed by atoms with Gasteiger partial charge in [-0.1, -0.05) is 11.6 Å². The van der Waals surface area contributed by atoms with Crippen LogP contribution in [-0.2, 0) is 0 Å². The van der Waals surface area contributed by atoms with Gasteiger partial charge in [-0.05, 0) is 25.1 Å². The van der Waals surface area contributed by atoms with Gasteiger partial charge < -0.3 is 5.11 Å². The summed E-state index contributed by atoms with van der Waals surface area (Å²) < 4.78 is 13.5. The Labute approximate surface area is 95.5 Å². The first-order chi connectivity index (χ1) is 7.49. The van der Waals surface area contributed by atoms with Gasteiger partial charge in [0.15, 0.2) is 5.82 Å². The summed E-state index contributed by atoms with van der Waals surface area (Å²) in [4.78, 5) is 15.0. The molecule has 0 amide bonds. The fraction of sp³-hybridized carbons (Fsp3) is 0.0909. The van der Waals surface area contributed by atoms with Crippen LogP contribution in [-0.4, -0.2) is 16.1 Å². The number of aromatic nitrogens is 1. The van der Waals surface area contributed by atoms with Crippen molar-refractivity contribution in [3.05, 3.63) is 40.3 Å². The second-order valence-corrected chi connectivity index (χ2v) is 3.84. The molecule has 0 aliphatic heterocycles. The molecular weight excluding hydrogens is 233 g/mol. The minimum Gasteiger partial charge on any atom is -0.478 e. The van der Waals surface area contributed by atoms with Gasteiger partial charge in [0.1, 0.15) is 5.52 Å². The summed E-state index contributed by atoms with van der Waals surface area (Å²) in [6.45, 7) is 1.61. The van der Waals surface area contributed by atoms with Gasteiger partial charge in [-0.15, -0.1) is 0 Å². The van der Waals surface area contributed by atoms with Crippen LogP contribution >= 0.6 is 11.6 Å². The van der Waals surface area contributed by atoms with E-state index < -0.39 is 11.8 Å². The van der Waals surface area contributed by atoms with Crippen molar-refractivity contribution in [3.63, 3.8) is 0 Å². The number of fused-ring (bicyclic) bond motifs is 1. The van der Waals surface area contributed by atoms with Gasteiger partial charge in [0.05, 0.1) is 5.56 Å². The van der Waals surface area contributed by atoms with Gasteiger partial charge in [-0.3, -0.25) is 0 Å². The normalized spacial score (nSPS) is 10.7. The summed E-state index contributed by atoms with van der Waals surface area (Å²) >= 11 is 5.68. The lowest BCUT2D eigenvalue weighted by Crippen LogP contribution is -2.01. The fourth-order valence-electron chi connectivity index (χ4n) is 1.56. The van der Waals surface area contributed by atoms with Crippen molar-refractivity contribution >= 4 is 28.5 Å². The van der Waals surface area contributed by atoms with Crippen LogP contribution in [0.1, 0.15) is 16.1 Å². The van der Waals surface area contributed by atoms with Crippen LogP contribution in [0.15, 0.2) is 18.2 Å². The van der Waals surface area contributed by atoms with Gasteiger partial charge >= 0.3 is 5.97 Å². The van der Waals surface area contributed by atoms with Gasteiger partial charge in [0.25, 0.3) is 0 Å². The first-order valence-electron chi connectivity index (χ1n) is 4.48. The molecule has 5 heteroatoms. The van der Waals surface area contributed by atoms with Gasteiger partial charge in [0, 0.05) is 16.1 Å². The summed E-state index contributed by atoms with van der Waals surface area (Å²) in [5, 5.41) is 9.36. The topological polar surface area (TPSA) is 50.2 Å². The smallest absolute Gasteiger partial charge is 0.336 e. The van der Waals surface area contributed by atoms with E-state index in [2.05, 4.69) is 4.98 Å². The predicted octanol–water partition coefficient (Wildman–Crippen LogP) is 3.03. The number of halogens is 2. The number of pyridine rings is 1. The maximum atomic E-state index is 13.5. The molecule has 0 aliphatic rings. The van der Waals surface area contributed by atoms with Crippen LogP contribution in [0.5, 0.6) is 0 Å². The molecule has 0 radical (unpaired) electrons. The minimum atomic E-state index is -1.13. The van der Waals surface area contributed by atoms with Crippen LogP contribution in [0.3, 0.4) is 0 Å². The van der Waals surface area contributed by atoms with Gasteiger partial charge in [0.2, 0.25) is 0 Å². The fourth-order valence-corrected chi connectivity index (χ4v) is 1.76. The van der Waals surface area contributed by atoms with Crippen LogP contribution in [0, 0.1) is 12.7 Å². The molecule has 82 valence electrons. The Kier molecular flexibility index (Phi) is 2.52. The second-order valence-electron chi connectivity index (χ2n) is 3.40. The van der Waals surface area contributed by atoms with E-state index in [1.165, 1.54) is 12.1 Å². The number of aryl methyl sites for hydroxylation is 1. The Bertz CT molecular complexity index is 598. The maximum Gasteiger partial charge on any atom is 0.336 e. The third-order valence-corrected chi connectivity index (χ3v) is 2.41. The maximum absolute atomic E-state index is 13.5. The van der Waals surface area contributed by atoms with Crippen molar-refractivity contribution in [2.75, 3.05) is 0 Å². The molecule has 1 aromatic heterocycles. The molecule has 0 fully saturated rings. The standard InChI is InChI=1S/C11H7ClFNO2/c1-5-2-8(11(15)16)7-3-6(12)4-9(13)10(7)14-5/h2-4H,1H3,(H,15,16). The summed E-state index contributed by atoms with van der Waals surface area (Å²) in [6, 6.07) is 3.90. The molecule has 0 spiro atoms. The van der Waals surface area contributed by atoms with Crippen molar-refractivity contribution in [2.45, 2.75) is 6.92 Å². The van der Waals surface area contributed by atoms with Crippen LogP contribution < -0.4 is 0 Å². The van der Waals surface area contributed by atoms with Crippen molar-refractivity contribution < 1.29 is 14.3 Å². The SMILES string of the molecule is Cc1cc(C(=O)O)c2cc(Cl)cc(F)c2n1. The third-order valence-electron chi connectivity index (χ3n) is 2.19. The Morgan fingerprint density at radius 1 is 1.44 bits per heavy atom. The lowest BCUT2D eigenvalue weighted by molar-refractivity contribution is 0.0699. The molecule has 0 atom stereocenters. The lowest BCUT2D eigenvalue weighted by Gasteiger charge is -2.05. The van der Waals surface area contributed by atoms with Crippen molar-refractivity contribution in [3.8, 4) is 0 Å². The van der Waals surface area contributed by atoms with E-state index in [9.17, 15) is 9.18 Å². The van der Waals surface area contributed by atoms with Crippen LogP contribution in [0.2, 0.25) is 5.02 Å². The molecule has 0 aliphatic carbocycles. The Hall–Kier alpha value is -1.68. The third kappa shape index (κ3) is 1.72. The zero-order chi connectivity index (χ0) is 11.9. The quantitative estimate of drug-likeness (QED) is 0.832. The highest BCUT2D eigenvalue weighted by Crippen LogP contribution is 2.25. The number of aromatic carboxylic acids is 1. The molecular formula is C11H7ClFNO2. The van der Waals surface area contributed by atoms with Crippen molar-refractivity contribution in [2.24, 2.45) is 0 Å². The molecule has 0 bridgehead atoms. The molecule has 0 unspecified atom stereocenters.